The SMILES string of the molecule is CCNc1cccc(NCC(C)S(C)=O)n1. The molecule has 0 aromatic carbocycles. The first-order chi connectivity index (χ1) is 7.63. The highest BCUT2D eigenvalue weighted by Crippen LogP contribution is 2.09. The van der Waals surface area contributed by atoms with Gasteiger partial charge in [0.1, 0.15) is 11.6 Å². The number of rotatable bonds is 6. The second-order valence-corrected chi connectivity index (χ2v) is 5.43. The molecule has 0 saturated heterocycles. The minimum Gasteiger partial charge on any atom is -0.370 e. The molecule has 4 nitrogen and oxygen atoms in total. The lowest BCUT2D eigenvalue weighted by molar-refractivity contribution is 0.679. The Labute approximate surface area is 99.3 Å². The van der Waals surface area contributed by atoms with E-state index in [1.54, 1.807) is 6.26 Å². The minimum absolute atomic E-state index is 0.129. The van der Waals surface area contributed by atoms with Gasteiger partial charge in [0, 0.05) is 35.4 Å². The Morgan fingerprint density at radius 2 is 2.00 bits per heavy atom. The van der Waals surface area contributed by atoms with Crippen LogP contribution in [0.15, 0.2) is 18.2 Å². The van der Waals surface area contributed by atoms with Crippen LogP contribution in [0, 0.1) is 0 Å². The highest BCUT2D eigenvalue weighted by molar-refractivity contribution is 7.84. The average molecular weight is 241 g/mol. The monoisotopic (exact) mass is 241 g/mol. The molecule has 16 heavy (non-hydrogen) atoms. The normalized spacial score (nSPS) is 14.2. The summed E-state index contributed by atoms with van der Waals surface area (Å²) in [5, 5.41) is 6.46. The van der Waals surface area contributed by atoms with Gasteiger partial charge in [-0.25, -0.2) is 4.98 Å². The van der Waals surface area contributed by atoms with E-state index in [2.05, 4.69) is 15.6 Å². The molecular weight excluding hydrogens is 222 g/mol. The van der Waals surface area contributed by atoms with Crippen molar-refractivity contribution in [3.8, 4) is 0 Å². The topological polar surface area (TPSA) is 54.0 Å². The zero-order chi connectivity index (χ0) is 12.0. The maximum Gasteiger partial charge on any atom is 0.128 e. The van der Waals surface area contributed by atoms with E-state index < -0.39 is 10.8 Å². The van der Waals surface area contributed by atoms with Gasteiger partial charge < -0.3 is 10.6 Å². The summed E-state index contributed by atoms with van der Waals surface area (Å²) >= 11 is 0. The molecule has 1 rings (SSSR count). The van der Waals surface area contributed by atoms with E-state index in [9.17, 15) is 4.21 Å². The molecule has 0 saturated carbocycles. The number of nitrogens with one attached hydrogen (secondary N) is 2. The van der Waals surface area contributed by atoms with Crippen LogP contribution in [0.4, 0.5) is 11.6 Å². The summed E-state index contributed by atoms with van der Waals surface area (Å²) in [7, 11) is -0.799. The molecule has 0 aliphatic heterocycles. The third kappa shape index (κ3) is 4.18. The number of pyridine rings is 1. The molecule has 0 amide bonds. The Balaban J connectivity index is 2.53. The Bertz CT molecular complexity index is 357. The van der Waals surface area contributed by atoms with Gasteiger partial charge in [-0.05, 0) is 26.0 Å². The van der Waals surface area contributed by atoms with Gasteiger partial charge in [0.2, 0.25) is 0 Å². The number of aromatic nitrogens is 1. The van der Waals surface area contributed by atoms with Gasteiger partial charge in [0.25, 0.3) is 0 Å². The van der Waals surface area contributed by atoms with Gasteiger partial charge in [-0.2, -0.15) is 0 Å². The predicted octanol–water partition coefficient (Wildman–Crippen LogP) is 1.69. The molecular formula is C11H19N3OS. The third-order valence-electron chi connectivity index (χ3n) is 2.24. The van der Waals surface area contributed by atoms with Crippen molar-refractivity contribution in [2.45, 2.75) is 19.1 Å². The van der Waals surface area contributed by atoms with E-state index in [1.165, 1.54) is 0 Å². The molecule has 0 bridgehead atoms. The molecule has 0 aliphatic carbocycles. The van der Waals surface area contributed by atoms with Crippen molar-refractivity contribution in [1.82, 2.24) is 4.98 Å². The summed E-state index contributed by atoms with van der Waals surface area (Å²) in [6.45, 7) is 5.51. The van der Waals surface area contributed by atoms with Crippen molar-refractivity contribution in [3.63, 3.8) is 0 Å². The Morgan fingerprint density at radius 3 is 2.56 bits per heavy atom. The molecule has 0 radical (unpaired) electrons. The molecule has 2 unspecified atom stereocenters. The fourth-order valence-electron chi connectivity index (χ4n) is 1.18. The Hall–Kier alpha value is -1.10. The van der Waals surface area contributed by atoms with Crippen LogP contribution in [0.3, 0.4) is 0 Å². The van der Waals surface area contributed by atoms with Crippen LogP contribution in [0.25, 0.3) is 0 Å². The van der Waals surface area contributed by atoms with Gasteiger partial charge in [-0.15, -0.1) is 0 Å². The van der Waals surface area contributed by atoms with Gasteiger partial charge in [-0.1, -0.05) is 6.07 Å². The summed E-state index contributed by atoms with van der Waals surface area (Å²) in [5.74, 6) is 1.67. The van der Waals surface area contributed by atoms with Crippen molar-refractivity contribution < 1.29 is 4.21 Å². The fraction of sp³-hybridized carbons (Fsp3) is 0.545. The van der Waals surface area contributed by atoms with Gasteiger partial charge in [0.05, 0.1) is 0 Å². The molecule has 0 spiro atoms. The number of nitrogens with zero attached hydrogens (tertiary/aromatic N) is 1. The van der Waals surface area contributed by atoms with E-state index in [0.717, 1.165) is 18.2 Å². The van der Waals surface area contributed by atoms with Crippen LogP contribution in [0.5, 0.6) is 0 Å². The second kappa shape index (κ2) is 6.48. The van der Waals surface area contributed by atoms with Gasteiger partial charge >= 0.3 is 0 Å². The molecule has 2 atom stereocenters. The standard InChI is InChI=1S/C11H19N3OS/c1-4-12-10-6-5-7-11(14-10)13-8-9(2)16(3)15/h5-7,9H,4,8H2,1-3H3,(H2,12,13,14). The summed E-state index contributed by atoms with van der Waals surface area (Å²) in [6, 6.07) is 5.78. The van der Waals surface area contributed by atoms with Gasteiger partial charge in [-0.3, -0.25) is 4.21 Å². The fourth-order valence-corrected chi connectivity index (χ4v) is 1.50. The second-order valence-electron chi connectivity index (χ2n) is 3.63. The average Bonchev–Trinajstić information content (AvgIpc) is 2.26. The maximum absolute atomic E-state index is 11.2. The predicted molar refractivity (Wildman–Crippen MR) is 70.4 cm³/mol. The lowest BCUT2D eigenvalue weighted by atomic mass is 10.4. The maximum atomic E-state index is 11.2. The number of hydrogen-bond donors (Lipinski definition) is 2. The first kappa shape index (κ1) is 13.0. The summed E-state index contributed by atoms with van der Waals surface area (Å²) < 4.78 is 11.2. The van der Waals surface area contributed by atoms with Gasteiger partial charge in [0.15, 0.2) is 0 Å². The lowest BCUT2D eigenvalue weighted by Crippen LogP contribution is -2.21. The van der Waals surface area contributed by atoms with Crippen molar-refractivity contribution in [3.05, 3.63) is 18.2 Å². The molecule has 2 N–H and O–H groups in total. The molecule has 0 fully saturated rings. The number of anilines is 2. The Kier molecular flexibility index (Phi) is 5.25. The summed E-state index contributed by atoms with van der Waals surface area (Å²) in [6.07, 6.45) is 1.72. The van der Waals surface area contributed by atoms with Crippen molar-refractivity contribution in [2.24, 2.45) is 0 Å². The molecule has 1 aromatic rings. The van der Waals surface area contributed by atoms with E-state index in [0.29, 0.717) is 6.54 Å². The largest absolute Gasteiger partial charge is 0.370 e. The summed E-state index contributed by atoms with van der Waals surface area (Å²) in [4.78, 5) is 4.37. The zero-order valence-electron chi connectivity index (χ0n) is 9.99. The summed E-state index contributed by atoms with van der Waals surface area (Å²) in [5.41, 5.74) is 0. The molecule has 5 heteroatoms. The van der Waals surface area contributed by atoms with E-state index >= 15 is 0 Å². The van der Waals surface area contributed by atoms with Crippen LogP contribution in [-0.4, -0.2) is 33.8 Å². The molecule has 1 aromatic heterocycles. The van der Waals surface area contributed by atoms with E-state index in [1.807, 2.05) is 32.0 Å². The first-order valence-corrected chi connectivity index (χ1v) is 7.02. The molecule has 1 heterocycles. The quantitative estimate of drug-likeness (QED) is 0.796. The number of hydrogen-bond acceptors (Lipinski definition) is 4. The van der Waals surface area contributed by atoms with Crippen LogP contribution in [-0.2, 0) is 10.8 Å². The first-order valence-electron chi connectivity index (χ1n) is 5.40. The van der Waals surface area contributed by atoms with Crippen molar-refractivity contribution in [2.75, 3.05) is 30.0 Å². The Morgan fingerprint density at radius 1 is 1.38 bits per heavy atom. The highest BCUT2D eigenvalue weighted by atomic mass is 32.2. The minimum atomic E-state index is -0.799. The van der Waals surface area contributed by atoms with Crippen molar-refractivity contribution in [1.29, 1.82) is 0 Å². The van der Waals surface area contributed by atoms with E-state index in [-0.39, 0.29) is 5.25 Å². The van der Waals surface area contributed by atoms with Crippen molar-refractivity contribution >= 4 is 22.4 Å². The lowest BCUT2D eigenvalue weighted by Gasteiger charge is -2.11. The van der Waals surface area contributed by atoms with E-state index in [4.69, 9.17) is 0 Å². The smallest absolute Gasteiger partial charge is 0.128 e. The zero-order valence-corrected chi connectivity index (χ0v) is 10.8. The van der Waals surface area contributed by atoms with Crippen LogP contribution in [0.1, 0.15) is 13.8 Å². The highest BCUT2D eigenvalue weighted by Gasteiger charge is 2.05. The molecule has 90 valence electrons. The molecule has 0 aliphatic rings. The van der Waals surface area contributed by atoms with Crippen LogP contribution >= 0.6 is 0 Å². The van der Waals surface area contributed by atoms with Crippen LogP contribution < -0.4 is 10.6 Å². The third-order valence-corrected chi connectivity index (χ3v) is 3.54. The van der Waals surface area contributed by atoms with Crippen LogP contribution in [0.2, 0.25) is 0 Å².